The van der Waals surface area contributed by atoms with Gasteiger partial charge < -0.3 is 24.8 Å². The van der Waals surface area contributed by atoms with Crippen molar-refractivity contribution in [1.82, 2.24) is 24.9 Å². The molecule has 0 aromatic heterocycles. The van der Waals surface area contributed by atoms with E-state index in [9.17, 15) is 9.59 Å². The van der Waals surface area contributed by atoms with Gasteiger partial charge in [0, 0.05) is 67.0 Å². The standard InChI is InChI=1S/C21H40N6O3/c1-17-12-18(2)15-27(14-17)20(29)16-25-7-9-26(10-8-25)21(22-6-11-30-5)23-13-19(28)24(3)4/h17-18H,6-16H2,1-5H3,(H,22,23). The lowest BCUT2D eigenvalue weighted by Gasteiger charge is -2.39. The van der Waals surface area contributed by atoms with E-state index < -0.39 is 0 Å². The highest BCUT2D eigenvalue weighted by Gasteiger charge is 2.28. The van der Waals surface area contributed by atoms with E-state index in [0.29, 0.717) is 31.5 Å². The summed E-state index contributed by atoms with van der Waals surface area (Å²) in [5.41, 5.74) is 0. The van der Waals surface area contributed by atoms with E-state index in [1.807, 2.05) is 4.90 Å². The van der Waals surface area contributed by atoms with Crippen LogP contribution in [-0.2, 0) is 14.3 Å². The fourth-order valence-electron chi connectivity index (χ4n) is 4.09. The maximum atomic E-state index is 12.8. The van der Waals surface area contributed by atoms with Crippen molar-refractivity contribution >= 4 is 17.8 Å². The van der Waals surface area contributed by atoms with Gasteiger partial charge >= 0.3 is 0 Å². The Kier molecular flexibility index (Phi) is 9.84. The zero-order valence-corrected chi connectivity index (χ0v) is 19.4. The molecule has 2 amide bonds. The number of piperazine rings is 1. The average Bonchev–Trinajstić information content (AvgIpc) is 2.70. The van der Waals surface area contributed by atoms with Crippen LogP contribution < -0.4 is 5.32 Å². The largest absolute Gasteiger partial charge is 0.383 e. The highest BCUT2D eigenvalue weighted by Crippen LogP contribution is 2.21. The number of amides is 2. The molecule has 0 aromatic carbocycles. The quantitative estimate of drug-likeness (QED) is 0.346. The molecule has 2 saturated heterocycles. The Morgan fingerprint density at radius 2 is 1.70 bits per heavy atom. The number of likely N-dealkylation sites (tertiary alicyclic amines) is 1. The lowest BCUT2D eigenvalue weighted by Crippen LogP contribution is -2.55. The molecule has 9 heteroatoms. The summed E-state index contributed by atoms with van der Waals surface area (Å²) in [6.45, 7) is 11.2. The van der Waals surface area contributed by atoms with Crippen LogP contribution in [0, 0.1) is 11.8 Å². The van der Waals surface area contributed by atoms with Crippen LogP contribution in [-0.4, -0.2) is 124 Å². The van der Waals surface area contributed by atoms with E-state index in [2.05, 4.69) is 34.0 Å². The Morgan fingerprint density at radius 1 is 1.07 bits per heavy atom. The zero-order chi connectivity index (χ0) is 22.1. The van der Waals surface area contributed by atoms with Crippen LogP contribution in [0.3, 0.4) is 0 Å². The molecule has 0 aromatic rings. The highest BCUT2D eigenvalue weighted by molar-refractivity contribution is 5.85. The molecular formula is C21H40N6O3. The minimum atomic E-state index is -0.0322. The number of nitrogens with one attached hydrogen (secondary N) is 1. The fourth-order valence-corrected chi connectivity index (χ4v) is 4.09. The predicted octanol–water partition coefficient (Wildman–Crippen LogP) is -0.211. The zero-order valence-electron chi connectivity index (χ0n) is 19.4. The topological polar surface area (TPSA) is 80.7 Å². The van der Waals surface area contributed by atoms with Gasteiger partial charge in [-0.2, -0.15) is 0 Å². The summed E-state index contributed by atoms with van der Waals surface area (Å²) in [4.78, 5) is 37.2. The van der Waals surface area contributed by atoms with Crippen molar-refractivity contribution in [2.45, 2.75) is 20.3 Å². The fraction of sp³-hybridized carbons (Fsp3) is 0.857. The predicted molar refractivity (Wildman–Crippen MR) is 118 cm³/mol. The van der Waals surface area contributed by atoms with Crippen LogP contribution >= 0.6 is 0 Å². The number of carbonyl (C=O) groups is 2. The van der Waals surface area contributed by atoms with Gasteiger partial charge in [0.15, 0.2) is 5.96 Å². The molecule has 2 aliphatic heterocycles. The van der Waals surface area contributed by atoms with E-state index in [0.717, 1.165) is 45.2 Å². The molecule has 2 fully saturated rings. The minimum absolute atomic E-state index is 0.0322. The van der Waals surface area contributed by atoms with Gasteiger partial charge in [-0.05, 0) is 18.3 Å². The molecule has 2 rings (SSSR count). The van der Waals surface area contributed by atoms with Crippen LogP contribution in [0.15, 0.2) is 4.99 Å². The van der Waals surface area contributed by atoms with Crippen LogP contribution in [0.25, 0.3) is 0 Å². The van der Waals surface area contributed by atoms with Gasteiger partial charge in [-0.15, -0.1) is 0 Å². The first-order chi connectivity index (χ1) is 14.3. The van der Waals surface area contributed by atoms with Gasteiger partial charge in [-0.25, -0.2) is 4.99 Å². The van der Waals surface area contributed by atoms with Crippen molar-refractivity contribution in [1.29, 1.82) is 0 Å². The maximum Gasteiger partial charge on any atom is 0.243 e. The summed E-state index contributed by atoms with van der Waals surface area (Å²) in [5, 5.41) is 3.29. The summed E-state index contributed by atoms with van der Waals surface area (Å²) in [6, 6.07) is 0. The van der Waals surface area contributed by atoms with Gasteiger partial charge in [-0.1, -0.05) is 13.8 Å². The number of rotatable bonds is 7. The molecule has 0 saturated carbocycles. The van der Waals surface area contributed by atoms with Gasteiger partial charge in [0.25, 0.3) is 0 Å². The van der Waals surface area contributed by atoms with E-state index in [-0.39, 0.29) is 18.4 Å². The molecule has 2 atom stereocenters. The molecular weight excluding hydrogens is 384 g/mol. The van der Waals surface area contributed by atoms with Gasteiger partial charge in [0.2, 0.25) is 11.8 Å². The van der Waals surface area contributed by atoms with Crippen molar-refractivity contribution in [3.63, 3.8) is 0 Å². The molecule has 172 valence electrons. The van der Waals surface area contributed by atoms with Crippen LogP contribution in [0.1, 0.15) is 20.3 Å². The lowest BCUT2D eigenvalue weighted by molar-refractivity contribution is -0.135. The van der Waals surface area contributed by atoms with E-state index in [1.165, 1.54) is 6.42 Å². The van der Waals surface area contributed by atoms with E-state index in [4.69, 9.17) is 4.74 Å². The van der Waals surface area contributed by atoms with Crippen LogP contribution in [0.4, 0.5) is 0 Å². The van der Waals surface area contributed by atoms with E-state index >= 15 is 0 Å². The number of carbonyl (C=O) groups excluding carboxylic acids is 2. The second-order valence-electron chi connectivity index (χ2n) is 8.86. The molecule has 0 bridgehead atoms. The van der Waals surface area contributed by atoms with Crippen molar-refractivity contribution in [3.05, 3.63) is 0 Å². The number of hydrogen-bond donors (Lipinski definition) is 1. The number of ether oxygens (including phenoxy) is 1. The molecule has 1 N–H and O–H groups in total. The van der Waals surface area contributed by atoms with Gasteiger partial charge in [0.05, 0.1) is 13.2 Å². The first-order valence-electron chi connectivity index (χ1n) is 11.0. The van der Waals surface area contributed by atoms with Gasteiger partial charge in [-0.3, -0.25) is 14.5 Å². The number of nitrogens with zero attached hydrogens (tertiary/aromatic N) is 5. The van der Waals surface area contributed by atoms with Crippen molar-refractivity contribution in [3.8, 4) is 0 Å². The Labute approximate surface area is 181 Å². The highest BCUT2D eigenvalue weighted by atomic mass is 16.5. The monoisotopic (exact) mass is 424 g/mol. The third kappa shape index (κ3) is 7.75. The third-order valence-corrected chi connectivity index (χ3v) is 5.70. The Hall–Kier alpha value is -1.87. The SMILES string of the molecule is COCCNC(=NCC(=O)N(C)C)N1CCN(CC(=O)N2CC(C)CC(C)C2)CC1. The summed E-state index contributed by atoms with van der Waals surface area (Å²) in [7, 11) is 5.12. The first-order valence-corrected chi connectivity index (χ1v) is 11.0. The Bertz CT molecular complexity index is 579. The average molecular weight is 425 g/mol. The summed E-state index contributed by atoms with van der Waals surface area (Å²) >= 11 is 0. The number of piperidine rings is 1. The van der Waals surface area contributed by atoms with Gasteiger partial charge in [0.1, 0.15) is 6.54 Å². The number of guanidine groups is 1. The number of methoxy groups -OCH3 is 1. The molecule has 2 heterocycles. The molecule has 0 radical (unpaired) electrons. The van der Waals surface area contributed by atoms with Crippen LogP contribution in [0.2, 0.25) is 0 Å². The second kappa shape index (κ2) is 12.1. The molecule has 2 unspecified atom stereocenters. The van der Waals surface area contributed by atoms with E-state index in [1.54, 1.807) is 26.1 Å². The number of aliphatic imine (C=N–C) groups is 1. The molecule has 30 heavy (non-hydrogen) atoms. The Morgan fingerprint density at radius 3 is 2.27 bits per heavy atom. The second-order valence-corrected chi connectivity index (χ2v) is 8.86. The smallest absolute Gasteiger partial charge is 0.243 e. The van der Waals surface area contributed by atoms with Crippen molar-refractivity contribution in [2.75, 3.05) is 86.7 Å². The molecule has 0 aliphatic carbocycles. The number of hydrogen-bond acceptors (Lipinski definition) is 5. The first kappa shape index (κ1) is 24.4. The summed E-state index contributed by atoms with van der Waals surface area (Å²) in [6.07, 6.45) is 1.21. The summed E-state index contributed by atoms with van der Waals surface area (Å²) in [5.74, 6) is 2.10. The van der Waals surface area contributed by atoms with Crippen molar-refractivity contribution in [2.24, 2.45) is 16.8 Å². The maximum absolute atomic E-state index is 12.8. The van der Waals surface area contributed by atoms with Crippen molar-refractivity contribution < 1.29 is 14.3 Å². The summed E-state index contributed by atoms with van der Waals surface area (Å²) < 4.78 is 5.12. The van der Waals surface area contributed by atoms with Crippen LogP contribution in [0.5, 0.6) is 0 Å². The molecule has 9 nitrogen and oxygen atoms in total. The molecule has 2 aliphatic rings. The number of likely N-dealkylation sites (N-methyl/N-ethyl adjacent to an activating group) is 1. The third-order valence-electron chi connectivity index (χ3n) is 5.70. The molecule has 0 spiro atoms. The lowest BCUT2D eigenvalue weighted by atomic mass is 9.92. The normalized spacial score (nSPS) is 23.4. The Balaban J connectivity index is 1.86. The minimum Gasteiger partial charge on any atom is -0.383 e.